The quantitative estimate of drug-likeness (QED) is 0.165. The molecule has 0 bridgehead atoms. The second-order valence-corrected chi connectivity index (χ2v) is 13.0. The molecule has 0 saturated heterocycles. The molecule has 0 radical (unpaired) electrons. The molecule has 55 heavy (non-hydrogen) atoms. The fourth-order valence-corrected chi connectivity index (χ4v) is 6.99. The lowest BCUT2D eigenvalue weighted by atomic mass is 10.0. The summed E-state index contributed by atoms with van der Waals surface area (Å²) in [7, 11) is 0. The number of hydrogen-bond acceptors (Lipinski definition) is 3. The molecule has 2 aromatic heterocycles. The first kappa shape index (κ1) is 24.0. The highest BCUT2D eigenvalue weighted by Gasteiger charge is 2.20. The molecular formula is C51H34N4. The van der Waals surface area contributed by atoms with Gasteiger partial charge in [0.15, 0.2) is 17.5 Å². The fourth-order valence-electron chi connectivity index (χ4n) is 6.99. The normalized spacial score (nSPS) is 13.6. The minimum atomic E-state index is -0.639. The van der Waals surface area contributed by atoms with Gasteiger partial charge in [-0.05, 0) is 57.6 Å². The molecule has 258 valence electrons. The Morgan fingerprint density at radius 3 is 1.42 bits per heavy atom. The van der Waals surface area contributed by atoms with Crippen LogP contribution < -0.4 is 0 Å². The summed E-state index contributed by atoms with van der Waals surface area (Å²) in [5.74, 6) is 1.14. The highest BCUT2D eigenvalue weighted by Crippen LogP contribution is 2.38. The van der Waals surface area contributed by atoms with Crippen LogP contribution in [0, 0.1) is 0 Å². The van der Waals surface area contributed by atoms with Crippen molar-refractivity contribution < 1.29 is 12.3 Å². The Balaban J connectivity index is 1.22. The molecule has 4 heteroatoms. The van der Waals surface area contributed by atoms with E-state index in [4.69, 9.17) is 21.8 Å². The Hall–Kier alpha value is -7.43. The van der Waals surface area contributed by atoms with Gasteiger partial charge in [0.2, 0.25) is 0 Å². The van der Waals surface area contributed by atoms with Crippen molar-refractivity contribution in [1.29, 1.82) is 0 Å². The first-order chi connectivity index (χ1) is 31.0. The van der Waals surface area contributed by atoms with Crippen LogP contribution in [0.4, 0.5) is 0 Å². The Morgan fingerprint density at radius 2 is 0.818 bits per heavy atom. The van der Waals surface area contributed by atoms with Crippen LogP contribution >= 0.6 is 0 Å². The first-order valence-corrected chi connectivity index (χ1v) is 17.8. The van der Waals surface area contributed by atoms with Gasteiger partial charge in [-0.15, -0.1) is 0 Å². The molecule has 8 aromatic carbocycles. The zero-order chi connectivity index (χ0) is 44.4. The molecule has 0 aliphatic rings. The largest absolute Gasteiger partial charge is 0.308 e. The number of rotatable bonds is 7. The van der Waals surface area contributed by atoms with E-state index in [0.29, 0.717) is 34.1 Å². The van der Waals surface area contributed by atoms with Crippen molar-refractivity contribution in [2.45, 2.75) is 0 Å². The summed E-state index contributed by atoms with van der Waals surface area (Å²) < 4.78 is 80.9. The molecule has 10 rings (SSSR count). The summed E-state index contributed by atoms with van der Waals surface area (Å²) >= 11 is 0. The van der Waals surface area contributed by atoms with Gasteiger partial charge in [-0.3, -0.25) is 0 Å². The van der Waals surface area contributed by atoms with Crippen LogP contribution in [-0.4, -0.2) is 19.5 Å². The van der Waals surface area contributed by atoms with Gasteiger partial charge in [0.05, 0.1) is 23.4 Å². The van der Waals surface area contributed by atoms with E-state index in [1.807, 2.05) is 152 Å². The zero-order valence-corrected chi connectivity index (χ0v) is 29.2. The van der Waals surface area contributed by atoms with Crippen molar-refractivity contribution in [2.24, 2.45) is 0 Å². The number of para-hydroxylation sites is 2. The van der Waals surface area contributed by atoms with Gasteiger partial charge in [0.25, 0.3) is 0 Å². The van der Waals surface area contributed by atoms with Crippen LogP contribution in [0.2, 0.25) is 0 Å². The van der Waals surface area contributed by atoms with Crippen LogP contribution in [0.3, 0.4) is 0 Å². The third kappa shape index (κ3) is 6.06. The van der Waals surface area contributed by atoms with Crippen LogP contribution in [0.5, 0.6) is 0 Å². The van der Waals surface area contributed by atoms with Crippen LogP contribution in [0.15, 0.2) is 206 Å². The molecule has 4 nitrogen and oxygen atoms in total. The highest BCUT2D eigenvalue weighted by molar-refractivity contribution is 6.13. The minimum absolute atomic E-state index is 0.0905. The maximum absolute atomic E-state index is 9.46. The first-order valence-electron chi connectivity index (χ1n) is 22.3. The number of aromatic nitrogens is 4. The second kappa shape index (κ2) is 13.8. The van der Waals surface area contributed by atoms with Gasteiger partial charge in [0, 0.05) is 33.2 Å². The predicted octanol–water partition coefficient (Wildman–Crippen LogP) is 13.0. The van der Waals surface area contributed by atoms with Crippen LogP contribution in [0.25, 0.3) is 95.0 Å². The molecule has 0 fully saturated rings. The van der Waals surface area contributed by atoms with E-state index >= 15 is 0 Å². The summed E-state index contributed by atoms with van der Waals surface area (Å²) in [6.07, 6.45) is 0. The van der Waals surface area contributed by atoms with Crippen molar-refractivity contribution >= 4 is 21.8 Å². The van der Waals surface area contributed by atoms with E-state index in [1.165, 1.54) is 0 Å². The van der Waals surface area contributed by atoms with Crippen molar-refractivity contribution in [2.75, 3.05) is 0 Å². The summed E-state index contributed by atoms with van der Waals surface area (Å²) in [6, 6.07) is 44.1. The van der Waals surface area contributed by atoms with E-state index in [9.17, 15) is 5.48 Å². The van der Waals surface area contributed by atoms with E-state index in [0.717, 1.165) is 44.2 Å². The van der Waals surface area contributed by atoms with Crippen molar-refractivity contribution in [3.8, 4) is 73.2 Å². The molecule has 0 unspecified atom stereocenters. The molecule has 0 saturated carbocycles. The lowest BCUT2D eigenvalue weighted by Crippen LogP contribution is -2.02. The van der Waals surface area contributed by atoms with Gasteiger partial charge < -0.3 is 4.57 Å². The Kier molecular flexibility index (Phi) is 6.04. The smallest absolute Gasteiger partial charge is 0.166 e. The van der Waals surface area contributed by atoms with Gasteiger partial charge in [-0.1, -0.05) is 182 Å². The van der Waals surface area contributed by atoms with Crippen molar-refractivity contribution in [3.05, 3.63) is 206 Å². The number of nitrogens with zero attached hydrogens (tertiary/aromatic N) is 4. The predicted molar refractivity (Wildman–Crippen MR) is 227 cm³/mol. The SMILES string of the molecule is [2H]c1c([2H])c([2H])c(-c2c([2H])c([2H])c(-n3c4ccccc4c4cccc(-c5nc(-c6ccc(-c7ccccc7)cc6)nc(-c6ccc(-c7ccccc7)cc6)n5)c43)c([2H])c2[2H])c([2H])c1[2H]. The lowest BCUT2D eigenvalue weighted by molar-refractivity contribution is 1.07. The van der Waals surface area contributed by atoms with Crippen molar-refractivity contribution in [3.63, 3.8) is 0 Å². The van der Waals surface area contributed by atoms with E-state index in [2.05, 4.69) is 0 Å². The second-order valence-electron chi connectivity index (χ2n) is 13.0. The molecule has 2 heterocycles. The molecule has 0 aliphatic carbocycles. The summed E-state index contributed by atoms with van der Waals surface area (Å²) in [5.41, 5.74) is 6.45. The van der Waals surface area contributed by atoms with Gasteiger partial charge in [0.1, 0.15) is 0 Å². The van der Waals surface area contributed by atoms with Gasteiger partial charge >= 0.3 is 0 Å². The maximum Gasteiger partial charge on any atom is 0.166 e. The topological polar surface area (TPSA) is 43.6 Å². The monoisotopic (exact) mass is 711 g/mol. The Labute approximate surface area is 332 Å². The maximum atomic E-state index is 9.46. The van der Waals surface area contributed by atoms with Crippen LogP contribution in [-0.2, 0) is 0 Å². The van der Waals surface area contributed by atoms with Gasteiger partial charge in [-0.25, -0.2) is 15.0 Å². The molecule has 0 spiro atoms. The average molecular weight is 712 g/mol. The zero-order valence-electron chi connectivity index (χ0n) is 38.2. The van der Waals surface area contributed by atoms with Crippen LogP contribution in [0.1, 0.15) is 12.3 Å². The summed E-state index contributed by atoms with van der Waals surface area (Å²) in [4.78, 5) is 15.2. The number of fused-ring (bicyclic) bond motifs is 3. The Bertz CT molecular complexity index is 3310. The molecular weight excluding hydrogens is 669 g/mol. The molecule has 0 aliphatic heterocycles. The standard InChI is InChI=1S/C51H34N4/c1-4-13-35(14-5-1)38-23-27-41(28-24-38)49-52-50(42-29-25-39(26-30-42)36-15-6-2-7-16-36)54-51(53-49)46-21-12-20-45-44-19-10-11-22-47(44)55(48(45)46)43-33-31-40(32-34-43)37-17-8-3-9-18-37/h1-34H/i3D,8D,9D,17D,18D,31D,32D,33D,34D. The molecule has 0 N–H and O–H groups in total. The van der Waals surface area contributed by atoms with E-state index in [1.54, 1.807) is 4.57 Å². The van der Waals surface area contributed by atoms with E-state index in [-0.39, 0.29) is 11.3 Å². The minimum Gasteiger partial charge on any atom is -0.308 e. The summed E-state index contributed by atoms with van der Waals surface area (Å²) in [6.45, 7) is 0. The third-order valence-corrected chi connectivity index (χ3v) is 9.66. The lowest BCUT2D eigenvalue weighted by Gasteiger charge is -2.13. The average Bonchev–Trinajstić information content (AvgIpc) is 3.68. The number of benzene rings is 8. The third-order valence-electron chi connectivity index (χ3n) is 9.66. The highest BCUT2D eigenvalue weighted by atomic mass is 15.0. The molecule has 0 amide bonds. The van der Waals surface area contributed by atoms with E-state index < -0.39 is 59.9 Å². The van der Waals surface area contributed by atoms with Gasteiger partial charge in [-0.2, -0.15) is 0 Å². The van der Waals surface area contributed by atoms with Crippen molar-refractivity contribution in [1.82, 2.24) is 19.5 Å². The summed E-state index contributed by atoms with van der Waals surface area (Å²) in [5, 5.41) is 1.51. The number of hydrogen-bond donors (Lipinski definition) is 0. The molecule has 0 atom stereocenters. The molecule has 10 aromatic rings. The Morgan fingerprint density at radius 1 is 0.345 bits per heavy atom. The fraction of sp³-hybridized carbons (Fsp3) is 0.